The third-order valence-electron chi connectivity index (χ3n) is 3.86. The molecule has 0 atom stereocenters. The quantitative estimate of drug-likeness (QED) is 0.686. The molecule has 0 saturated carbocycles. The summed E-state index contributed by atoms with van der Waals surface area (Å²) in [7, 11) is 0. The Morgan fingerprint density at radius 3 is 2.29 bits per heavy atom. The van der Waals surface area contributed by atoms with E-state index in [1.165, 1.54) is 10.2 Å². The topological polar surface area (TPSA) is 33.1 Å². The fraction of sp³-hybridized carbons (Fsp3) is 0.812. The van der Waals surface area contributed by atoms with Crippen LogP contribution in [-0.2, 0) is 19.5 Å². The van der Waals surface area contributed by atoms with E-state index >= 15 is 0 Å². The first-order chi connectivity index (χ1) is 9.92. The van der Waals surface area contributed by atoms with Gasteiger partial charge in [0.25, 0.3) is 0 Å². The number of nitrogens with zero attached hydrogens (tertiary/aromatic N) is 3. The molecule has 0 unspecified atom stereocenters. The van der Waals surface area contributed by atoms with Crippen molar-refractivity contribution in [2.75, 3.05) is 13.1 Å². The third kappa shape index (κ3) is 5.08. The molecule has 0 saturated heterocycles. The van der Waals surface area contributed by atoms with Crippen LogP contribution in [0.5, 0.6) is 0 Å². The van der Waals surface area contributed by atoms with E-state index < -0.39 is 0 Å². The molecule has 0 fully saturated rings. The largest absolute Gasteiger partial charge is 0.310 e. The number of halogens is 1. The molecular weight excluding hydrogens is 328 g/mol. The average Bonchev–Trinajstić information content (AvgIpc) is 2.73. The molecular formula is C16H31BrN4. The van der Waals surface area contributed by atoms with Crippen molar-refractivity contribution in [3.63, 3.8) is 0 Å². The van der Waals surface area contributed by atoms with Crippen molar-refractivity contribution in [1.82, 2.24) is 20.0 Å². The van der Waals surface area contributed by atoms with Crippen LogP contribution in [0.15, 0.2) is 4.47 Å². The van der Waals surface area contributed by atoms with Crippen LogP contribution in [0.2, 0.25) is 0 Å². The zero-order valence-electron chi connectivity index (χ0n) is 14.4. The van der Waals surface area contributed by atoms with E-state index in [1.54, 1.807) is 0 Å². The second-order valence-electron chi connectivity index (χ2n) is 5.98. The number of aromatic nitrogens is 2. The van der Waals surface area contributed by atoms with Gasteiger partial charge in [0.2, 0.25) is 0 Å². The van der Waals surface area contributed by atoms with Crippen molar-refractivity contribution in [2.45, 2.75) is 73.1 Å². The van der Waals surface area contributed by atoms with Crippen LogP contribution < -0.4 is 5.32 Å². The monoisotopic (exact) mass is 358 g/mol. The highest BCUT2D eigenvalue weighted by Crippen LogP contribution is 2.22. The van der Waals surface area contributed by atoms with Gasteiger partial charge in [-0.15, -0.1) is 0 Å². The Hall–Kier alpha value is -0.390. The van der Waals surface area contributed by atoms with Crippen LogP contribution >= 0.6 is 15.9 Å². The van der Waals surface area contributed by atoms with Gasteiger partial charge in [0.15, 0.2) is 0 Å². The normalized spacial score (nSPS) is 12.1. The van der Waals surface area contributed by atoms with Gasteiger partial charge >= 0.3 is 0 Å². The predicted molar refractivity (Wildman–Crippen MR) is 93.7 cm³/mol. The molecule has 21 heavy (non-hydrogen) atoms. The smallest absolute Gasteiger partial charge is 0.0767 e. The van der Waals surface area contributed by atoms with Crippen molar-refractivity contribution in [3.05, 3.63) is 15.9 Å². The molecule has 0 aliphatic carbocycles. The highest BCUT2D eigenvalue weighted by molar-refractivity contribution is 9.10. The summed E-state index contributed by atoms with van der Waals surface area (Å²) in [6, 6.07) is 1.18. The summed E-state index contributed by atoms with van der Waals surface area (Å²) in [5.41, 5.74) is 2.41. The van der Waals surface area contributed by atoms with Crippen LogP contribution in [0.4, 0.5) is 0 Å². The summed E-state index contributed by atoms with van der Waals surface area (Å²) >= 11 is 3.70. The van der Waals surface area contributed by atoms with Gasteiger partial charge in [0.1, 0.15) is 0 Å². The van der Waals surface area contributed by atoms with E-state index in [2.05, 4.69) is 77.5 Å². The molecule has 1 aromatic heterocycles. The van der Waals surface area contributed by atoms with Gasteiger partial charge in [-0.1, -0.05) is 6.92 Å². The summed E-state index contributed by atoms with van der Waals surface area (Å²) in [6.45, 7) is 17.2. The van der Waals surface area contributed by atoms with Gasteiger partial charge in [-0.3, -0.25) is 9.58 Å². The fourth-order valence-corrected chi connectivity index (χ4v) is 3.42. The van der Waals surface area contributed by atoms with Crippen molar-refractivity contribution < 1.29 is 0 Å². The molecule has 122 valence electrons. The Bertz CT molecular complexity index is 418. The maximum Gasteiger partial charge on any atom is 0.0767 e. The van der Waals surface area contributed by atoms with Crippen molar-refractivity contribution in [1.29, 1.82) is 0 Å². The molecule has 5 heteroatoms. The standard InChI is InChI=1S/C16H31BrN4/c1-7-14-16(17)15(21(8-2)19-14)11-18-9-10-20(12(3)4)13(5)6/h12-13,18H,7-11H2,1-6H3. The molecule has 0 radical (unpaired) electrons. The Morgan fingerprint density at radius 2 is 1.81 bits per heavy atom. The number of hydrogen-bond acceptors (Lipinski definition) is 3. The van der Waals surface area contributed by atoms with Crippen LogP contribution in [0.25, 0.3) is 0 Å². The molecule has 0 aliphatic rings. The Morgan fingerprint density at radius 1 is 1.19 bits per heavy atom. The van der Waals surface area contributed by atoms with E-state index in [9.17, 15) is 0 Å². The molecule has 0 spiro atoms. The number of rotatable bonds is 9. The van der Waals surface area contributed by atoms with Gasteiger partial charge in [0, 0.05) is 38.3 Å². The Labute approximate surface area is 138 Å². The molecule has 1 rings (SSSR count). The lowest BCUT2D eigenvalue weighted by molar-refractivity contribution is 0.175. The zero-order chi connectivity index (χ0) is 16.0. The highest BCUT2D eigenvalue weighted by atomic mass is 79.9. The van der Waals surface area contributed by atoms with E-state index in [-0.39, 0.29) is 0 Å². The van der Waals surface area contributed by atoms with Crippen molar-refractivity contribution >= 4 is 15.9 Å². The Balaban J connectivity index is 2.54. The van der Waals surface area contributed by atoms with Crippen LogP contribution in [0.3, 0.4) is 0 Å². The molecule has 0 amide bonds. The van der Waals surface area contributed by atoms with Gasteiger partial charge in [-0.25, -0.2) is 0 Å². The molecule has 1 N–H and O–H groups in total. The lowest BCUT2D eigenvalue weighted by Crippen LogP contribution is -2.41. The van der Waals surface area contributed by atoms with Gasteiger partial charge in [-0.05, 0) is 57.0 Å². The van der Waals surface area contributed by atoms with Gasteiger partial charge < -0.3 is 5.32 Å². The van der Waals surface area contributed by atoms with E-state index in [0.717, 1.165) is 38.3 Å². The third-order valence-corrected chi connectivity index (χ3v) is 4.78. The maximum absolute atomic E-state index is 4.64. The van der Waals surface area contributed by atoms with E-state index in [4.69, 9.17) is 0 Å². The fourth-order valence-electron chi connectivity index (χ4n) is 2.71. The minimum atomic E-state index is 0.589. The summed E-state index contributed by atoms with van der Waals surface area (Å²) in [6.07, 6.45) is 0.967. The summed E-state index contributed by atoms with van der Waals surface area (Å²) in [4.78, 5) is 2.51. The number of hydrogen-bond donors (Lipinski definition) is 1. The molecule has 1 heterocycles. The molecule has 0 aliphatic heterocycles. The molecule has 0 aromatic carbocycles. The first kappa shape index (κ1) is 18.7. The second-order valence-corrected chi connectivity index (χ2v) is 6.77. The lowest BCUT2D eigenvalue weighted by Gasteiger charge is -2.30. The van der Waals surface area contributed by atoms with Crippen molar-refractivity contribution in [3.8, 4) is 0 Å². The van der Waals surface area contributed by atoms with E-state index in [1.807, 2.05) is 0 Å². The Kier molecular flexibility index (Phi) is 7.92. The first-order valence-electron chi connectivity index (χ1n) is 8.12. The molecule has 1 aromatic rings. The van der Waals surface area contributed by atoms with Gasteiger partial charge in [-0.2, -0.15) is 5.10 Å². The van der Waals surface area contributed by atoms with Crippen LogP contribution in [-0.4, -0.2) is 39.9 Å². The number of nitrogens with one attached hydrogen (secondary N) is 1. The first-order valence-corrected chi connectivity index (χ1v) is 8.92. The molecule has 0 bridgehead atoms. The predicted octanol–water partition coefficient (Wildman–Crippen LogP) is 3.44. The zero-order valence-corrected chi connectivity index (χ0v) is 16.0. The lowest BCUT2D eigenvalue weighted by atomic mass is 10.2. The maximum atomic E-state index is 4.64. The number of aryl methyl sites for hydroxylation is 2. The van der Waals surface area contributed by atoms with Crippen molar-refractivity contribution in [2.24, 2.45) is 0 Å². The summed E-state index contributed by atoms with van der Waals surface area (Å²) in [5.74, 6) is 0. The van der Waals surface area contributed by atoms with Crippen LogP contribution in [0.1, 0.15) is 52.9 Å². The van der Waals surface area contributed by atoms with Gasteiger partial charge in [0.05, 0.1) is 15.9 Å². The highest BCUT2D eigenvalue weighted by Gasteiger charge is 2.15. The minimum Gasteiger partial charge on any atom is -0.310 e. The average molecular weight is 359 g/mol. The molecule has 4 nitrogen and oxygen atoms in total. The summed E-state index contributed by atoms with van der Waals surface area (Å²) in [5, 5.41) is 8.20. The second kappa shape index (κ2) is 8.91. The summed E-state index contributed by atoms with van der Waals surface area (Å²) < 4.78 is 3.27. The minimum absolute atomic E-state index is 0.589. The van der Waals surface area contributed by atoms with E-state index in [0.29, 0.717) is 12.1 Å². The van der Waals surface area contributed by atoms with Crippen LogP contribution in [0, 0.1) is 0 Å². The SMILES string of the molecule is CCc1nn(CC)c(CNCCN(C(C)C)C(C)C)c1Br.